The summed E-state index contributed by atoms with van der Waals surface area (Å²) in [5, 5.41) is 3.86. The van der Waals surface area contributed by atoms with E-state index in [0.29, 0.717) is 6.42 Å². The fourth-order valence-electron chi connectivity index (χ4n) is 3.58. The molecule has 0 aliphatic carbocycles. The molecule has 3 heterocycles. The van der Waals surface area contributed by atoms with Crippen molar-refractivity contribution >= 4 is 35.1 Å². The van der Waals surface area contributed by atoms with Crippen LogP contribution in [-0.4, -0.2) is 60.6 Å². The van der Waals surface area contributed by atoms with Crippen LogP contribution < -0.4 is 20.4 Å². The molecule has 2 N–H and O–H groups in total. The van der Waals surface area contributed by atoms with Crippen LogP contribution in [0.3, 0.4) is 0 Å². The van der Waals surface area contributed by atoms with Crippen molar-refractivity contribution in [3.63, 3.8) is 0 Å². The monoisotopic (exact) mass is 492 g/mol. The first-order valence-corrected chi connectivity index (χ1v) is 13.0. The molecule has 8 nitrogen and oxygen atoms in total. The van der Waals surface area contributed by atoms with Gasteiger partial charge in [0.2, 0.25) is 0 Å². The van der Waals surface area contributed by atoms with Crippen LogP contribution in [0.25, 0.3) is 10.9 Å². The number of aromatic amines is 1. The highest BCUT2D eigenvalue weighted by Crippen LogP contribution is 2.36. The molecule has 0 atom stereocenters. The number of alkyl halides is 3. The van der Waals surface area contributed by atoms with E-state index in [9.17, 15) is 17.7 Å². The van der Waals surface area contributed by atoms with E-state index in [2.05, 4.69) is 25.3 Å². The molecule has 0 fully saturated rings. The maximum atomic E-state index is 13.9. The van der Waals surface area contributed by atoms with Gasteiger partial charge in [0.25, 0.3) is 5.88 Å². The zero-order valence-corrected chi connectivity index (χ0v) is 19.7. The molecule has 0 amide bonds. The average Bonchev–Trinajstić information content (AvgIpc) is 3.20. The van der Waals surface area contributed by atoms with Crippen LogP contribution in [0.15, 0.2) is 53.4 Å². The Bertz CT molecular complexity index is 1310. The minimum absolute atomic E-state index is 0.0230. The van der Waals surface area contributed by atoms with Gasteiger partial charge in [0, 0.05) is 29.8 Å². The molecule has 0 bridgehead atoms. The van der Waals surface area contributed by atoms with E-state index in [4.69, 9.17) is 4.74 Å². The number of aromatic nitrogens is 3. The Balaban J connectivity index is 1.54. The smallest absolute Gasteiger partial charge is 0.421 e. The number of methoxy groups -OCH3 is 1. The van der Waals surface area contributed by atoms with E-state index < -0.39 is 18.9 Å². The molecule has 1 aliphatic rings. The highest BCUT2D eigenvalue weighted by molar-refractivity contribution is 7.69. The number of nitrogens with one attached hydrogen (secondary N) is 2. The lowest BCUT2D eigenvalue weighted by Gasteiger charge is -2.27. The number of para-hydroxylation sites is 1. The lowest BCUT2D eigenvalue weighted by Crippen LogP contribution is -2.39. The van der Waals surface area contributed by atoms with E-state index >= 15 is 0 Å². The minimum atomic E-state index is -4.64. The molecular weight excluding hydrogens is 468 g/mol. The molecule has 4 rings (SSSR count). The van der Waals surface area contributed by atoms with Crippen molar-refractivity contribution in [2.24, 2.45) is 4.99 Å². The molecule has 1 aliphatic heterocycles. The SMILES string of the molecule is COc1nc(P(C)(C)=O)cnc1N1C=C(C(F)(F)F)C(NCCc2c[nH]c3ccccc23)=NC1. The Morgan fingerprint density at radius 1 is 1.26 bits per heavy atom. The lowest BCUT2D eigenvalue weighted by atomic mass is 10.1. The zero-order chi connectivity index (χ0) is 24.5. The Morgan fingerprint density at radius 3 is 2.74 bits per heavy atom. The van der Waals surface area contributed by atoms with E-state index in [1.54, 1.807) is 0 Å². The Labute approximate surface area is 194 Å². The molecule has 0 saturated heterocycles. The van der Waals surface area contributed by atoms with Gasteiger partial charge in [-0.1, -0.05) is 18.2 Å². The molecular formula is C22H24F3N6O2P. The van der Waals surface area contributed by atoms with Crippen LogP contribution in [0.5, 0.6) is 5.88 Å². The minimum Gasteiger partial charge on any atom is -0.478 e. The normalized spacial score (nSPS) is 14.7. The van der Waals surface area contributed by atoms with Gasteiger partial charge in [-0.2, -0.15) is 13.2 Å². The molecule has 34 heavy (non-hydrogen) atoms. The van der Waals surface area contributed by atoms with E-state index in [-0.39, 0.29) is 36.2 Å². The largest absolute Gasteiger partial charge is 0.478 e. The second-order valence-corrected chi connectivity index (χ2v) is 11.3. The highest BCUT2D eigenvalue weighted by Gasteiger charge is 2.40. The second-order valence-electron chi connectivity index (χ2n) is 8.11. The summed E-state index contributed by atoms with van der Waals surface area (Å²) >= 11 is 0. The summed E-state index contributed by atoms with van der Waals surface area (Å²) in [6.07, 6.45) is -0.0400. The van der Waals surface area contributed by atoms with Crippen LogP contribution in [0.4, 0.5) is 19.0 Å². The fourth-order valence-corrected chi connectivity index (χ4v) is 4.25. The molecule has 3 aromatic rings. The lowest BCUT2D eigenvalue weighted by molar-refractivity contribution is -0.0867. The van der Waals surface area contributed by atoms with Crippen LogP contribution in [0.1, 0.15) is 5.56 Å². The van der Waals surface area contributed by atoms with Crippen molar-refractivity contribution in [2.75, 3.05) is 38.6 Å². The molecule has 0 spiro atoms. The molecule has 180 valence electrons. The molecule has 1 aromatic carbocycles. The van der Waals surface area contributed by atoms with Crippen molar-refractivity contribution in [1.82, 2.24) is 20.3 Å². The summed E-state index contributed by atoms with van der Waals surface area (Å²) in [5.41, 5.74) is 1.28. The maximum absolute atomic E-state index is 13.9. The summed E-state index contributed by atoms with van der Waals surface area (Å²) in [6, 6.07) is 7.74. The third-order valence-electron chi connectivity index (χ3n) is 5.32. The molecule has 2 aromatic heterocycles. The third kappa shape index (κ3) is 4.94. The maximum Gasteiger partial charge on any atom is 0.421 e. The number of fused-ring (bicyclic) bond motifs is 1. The summed E-state index contributed by atoms with van der Waals surface area (Å²) in [6.45, 7) is 3.21. The number of aliphatic imine (C=N–C) groups is 1. The molecule has 0 radical (unpaired) electrons. The summed E-state index contributed by atoms with van der Waals surface area (Å²) in [5.74, 6) is -0.202. The van der Waals surface area contributed by atoms with E-state index in [1.807, 2.05) is 30.5 Å². The first kappa shape index (κ1) is 23.8. The van der Waals surface area contributed by atoms with Gasteiger partial charge in [-0.25, -0.2) is 15.0 Å². The van der Waals surface area contributed by atoms with Crippen molar-refractivity contribution in [1.29, 1.82) is 0 Å². The zero-order valence-electron chi connectivity index (χ0n) is 18.8. The standard InChI is InChI=1S/C22H24F3N6O2P/c1-33-21-20(28-11-18(30-21)34(2,3)32)31-12-16(22(23,24)25)19(29-13-31)26-9-8-14-10-27-17-7-5-4-6-15(14)17/h4-7,10-12,27H,8-9,13H2,1-3H3,(H,26,29). The Morgan fingerprint density at radius 2 is 2.03 bits per heavy atom. The van der Waals surface area contributed by atoms with Crippen molar-refractivity contribution in [3.8, 4) is 5.88 Å². The van der Waals surface area contributed by atoms with E-state index in [0.717, 1.165) is 22.7 Å². The number of halogens is 3. The van der Waals surface area contributed by atoms with Crippen LogP contribution in [0, 0.1) is 0 Å². The Hall–Kier alpha value is -3.33. The molecule has 0 unspecified atom stereocenters. The van der Waals surface area contributed by atoms with Gasteiger partial charge in [0.05, 0.1) is 13.3 Å². The van der Waals surface area contributed by atoms with Crippen molar-refractivity contribution < 1.29 is 22.5 Å². The van der Waals surface area contributed by atoms with Gasteiger partial charge < -0.3 is 24.5 Å². The van der Waals surface area contributed by atoms with Gasteiger partial charge >= 0.3 is 6.18 Å². The number of hydrogen-bond donors (Lipinski definition) is 2. The fraction of sp³-hybridized carbons (Fsp3) is 0.318. The van der Waals surface area contributed by atoms with E-state index in [1.165, 1.54) is 31.5 Å². The summed E-state index contributed by atoms with van der Waals surface area (Å²) < 4.78 is 59.1. The third-order valence-corrected chi connectivity index (χ3v) is 6.63. The highest BCUT2D eigenvalue weighted by atomic mass is 31.2. The summed E-state index contributed by atoms with van der Waals surface area (Å²) in [7, 11) is -1.40. The molecule has 12 heteroatoms. The van der Waals surface area contributed by atoms with Crippen LogP contribution in [-0.2, 0) is 11.0 Å². The van der Waals surface area contributed by atoms with Gasteiger partial charge in [0.1, 0.15) is 30.7 Å². The topological polar surface area (TPSA) is 95.5 Å². The van der Waals surface area contributed by atoms with Gasteiger partial charge in [-0.3, -0.25) is 0 Å². The van der Waals surface area contributed by atoms with Crippen molar-refractivity contribution in [2.45, 2.75) is 12.6 Å². The second kappa shape index (κ2) is 9.13. The average molecular weight is 492 g/mol. The number of ether oxygens (including phenoxy) is 1. The van der Waals surface area contributed by atoms with Crippen LogP contribution >= 0.6 is 7.14 Å². The first-order chi connectivity index (χ1) is 16.1. The number of hydrogen-bond acceptors (Lipinski definition) is 7. The predicted molar refractivity (Wildman–Crippen MR) is 127 cm³/mol. The van der Waals surface area contributed by atoms with Gasteiger partial charge in [-0.05, 0) is 31.4 Å². The number of benzene rings is 1. The number of amidine groups is 1. The van der Waals surface area contributed by atoms with Crippen molar-refractivity contribution in [3.05, 3.63) is 54.0 Å². The number of H-pyrrole nitrogens is 1. The first-order valence-electron chi connectivity index (χ1n) is 10.4. The predicted octanol–water partition coefficient (Wildman–Crippen LogP) is 3.67. The van der Waals surface area contributed by atoms with Gasteiger partial charge in [-0.15, -0.1) is 0 Å². The Kier molecular flexibility index (Phi) is 6.40. The van der Waals surface area contributed by atoms with Gasteiger partial charge in [0.15, 0.2) is 5.82 Å². The van der Waals surface area contributed by atoms with Crippen LogP contribution in [0.2, 0.25) is 0 Å². The quantitative estimate of drug-likeness (QED) is 0.510. The number of rotatable bonds is 6. The number of anilines is 1. The molecule has 0 saturated carbocycles. The summed E-state index contributed by atoms with van der Waals surface area (Å²) in [4.78, 5) is 16.8. The number of nitrogens with zero attached hydrogens (tertiary/aromatic N) is 4.